The molecule has 94 valence electrons. The molecule has 1 unspecified atom stereocenters. The first-order valence-corrected chi connectivity index (χ1v) is 6.84. The second-order valence-electron chi connectivity index (χ2n) is 5.34. The average Bonchev–Trinajstić information content (AvgIpc) is 2.41. The van der Waals surface area contributed by atoms with E-state index in [1.165, 1.54) is 24.0 Å². The van der Waals surface area contributed by atoms with Crippen LogP contribution in [0.1, 0.15) is 37.8 Å². The molecule has 0 spiro atoms. The summed E-state index contributed by atoms with van der Waals surface area (Å²) in [5.41, 5.74) is 3.13. The van der Waals surface area contributed by atoms with E-state index < -0.39 is 0 Å². The van der Waals surface area contributed by atoms with Gasteiger partial charge in [-0.05, 0) is 29.4 Å². The van der Waals surface area contributed by atoms with Gasteiger partial charge in [0.15, 0.2) is 0 Å². The van der Waals surface area contributed by atoms with Crippen LogP contribution < -0.4 is 0 Å². The summed E-state index contributed by atoms with van der Waals surface area (Å²) in [5.74, 6) is 0. The molecular formula is C18H22. The van der Waals surface area contributed by atoms with E-state index in [0.717, 1.165) is 6.42 Å². The van der Waals surface area contributed by atoms with Crippen molar-refractivity contribution in [1.29, 1.82) is 0 Å². The van der Waals surface area contributed by atoms with Crippen LogP contribution in [0.15, 0.2) is 60.7 Å². The Kier molecular flexibility index (Phi) is 4.19. The highest BCUT2D eigenvalue weighted by Crippen LogP contribution is 2.32. The molecule has 18 heavy (non-hydrogen) atoms. The molecule has 2 aromatic rings. The SMILES string of the molecule is CCCC(C)(Cc1ccccc1)c1ccccc1. The van der Waals surface area contributed by atoms with Crippen LogP contribution in [0.5, 0.6) is 0 Å². The molecule has 0 amide bonds. The van der Waals surface area contributed by atoms with Gasteiger partial charge in [0.1, 0.15) is 0 Å². The molecule has 0 heterocycles. The van der Waals surface area contributed by atoms with Gasteiger partial charge in [-0.3, -0.25) is 0 Å². The number of rotatable bonds is 5. The van der Waals surface area contributed by atoms with Gasteiger partial charge in [-0.15, -0.1) is 0 Å². The number of hydrogen-bond donors (Lipinski definition) is 0. The van der Waals surface area contributed by atoms with E-state index in [0.29, 0.717) is 0 Å². The molecule has 0 aliphatic heterocycles. The highest BCUT2D eigenvalue weighted by molar-refractivity contribution is 5.28. The lowest BCUT2D eigenvalue weighted by Gasteiger charge is -2.30. The fourth-order valence-electron chi connectivity index (χ4n) is 2.77. The maximum Gasteiger partial charge on any atom is -0.00350 e. The topological polar surface area (TPSA) is 0 Å². The maximum atomic E-state index is 2.39. The van der Waals surface area contributed by atoms with Crippen molar-refractivity contribution in [2.75, 3.05) is 0 Å². The summed E-state index contributed by atoms with van der Waals surface area (Å²) >= 11 is 0. The summed E-state index contributed by atoms with van der Waals surface area (Å²) in [4.78, 5) is 0. The fourth-order valence-corrected chi connectivity index (χ4v) is 2.77. The zero-order chi connectivity index (χ0) is 12.8. The van der Waals surface area contributed by atoms with Gasteiger partial charge in [0, 0.05) is 0 Å². The van der Waals surface area contributed by atoms with E-state index in [9.17, 15) is 0 Å². The van der Waals surface area contributed by atoms with Crippen LogP contribution in [0.2, 0.25) is 0 Å². The van der Waals surface area contributed by atoms with E-state index >= 15 is 0 Å². The van der Waals surface area contributed by atoms with Crippen molar-refractivity contribution in [3.63, 3.8) is 0 Å². The molecular weight excluding hydrogens is 216 g/mol. The molecule has 2 aromatic carbocycles. The van der Waals surface area contributed by atoms with Gasteiger partial charge in [0.2, 0.25) is 0 Å². The Hall–Kier alpha value is -1.56. The Morgan fingerprint density at radius 2 is 1.39 bits per heavy atom. The Morgan fingerprint density at radius 1 is 0.833 bits per heavy atom. The van der Waals surface area contributed by atoms with Crippen molar-refractivity contribution in [1.82, 2.24) is 0 Å². The summed E-state index contributed by atoms with van der Waals surface area (Å²) < 4.78 is 0. The lowest BCUT2D eigenvalue weighted by Crippen LogP contribution is -2.24. The first-order valence-electron chi connectivity index (χ1n) is 6.84. The predicted molar refractivity (Wildman–Crippen MR) is 78.8 cm³/mol. The monoisotopic (exact) mass is 238 g/mol. The zero-order valence-electron chi connectivity index (χ0n) is 11.4. The second-order valence-corrected chi connectivity index (χ2v) is 5.34. The molecule has 0 N–H and O–H groups in total. The second kappa shape index (κ2) is 5.86. The first kappa shape index (κ1) is 12.9. The largest absolute Gasteiger partial charge is 0.0654 e. The Bertz CT molecular complexity index is 458. The van der Waals surface area contributed by atoms with Gasteiger partial charge in [-0.2, -0.15) is 0 Å². The predicted octanol–water partition coefficient (Wildman–Crippen LogP) is 4.99. The molecule has 1 atom stereocenters. The summed E-state index contributed by atoms with van der Waals surface area (Å²) in [5, 5.41) is 0. The normalized spacial score (nSPS) is 14.1. The summed E-state index contributed by atoms with van der Waals surface area (Å²) in [6.45, 7) is 4.66. The van der Waals surface area contributed by atoms with E-state index in [2.05, 4.69) is 74.5 Å². The quantitative estimate of drug-likeness (QED) is 0.688. The van der Waals surface area contributed by atoms with Gasteiger partial charge in [0.25, 0.3) is 0 Å². The van der Waals surface area contributed by atoms with E-state index in [-0.39, 0.29) is 5.41 Å². The van der Waals surface area contributed by atoms with Crippen LogP contribution in [0.25, 0.3) is 0 Å². The molecule has 0 saturated heterocycles. The van der Waals surface area contributed by atoms with Crippen LogP contribution in [0.4, 0.5) is 0 Å². The minimum atomic E-state index is 0.247. The van der Waals surface area contributed by atoms with Gasteiger partial charge in [-0.25, -0.2) is 0 Å². The summed E-state index contributed by atoms with van der Waals surface area (Å²) in [7, 11) is 0. The third-order valence-corrected chi connectivity index (χ3v) is 3.71. The van der Waals surface area contributed by atoms with Gasteiger partial charge in [-0.1, -0.05) is 80.9 Å². The van der Waals surface area contributed by atoms with Gasteiger partial charge >= 0.3 is 0 Å². The van der Waals surface area contributed by atoms with Crippen LogP contribution in [0, 0.1) is 0 Å². The first-order chi connectivity index (χ1) is 8.74. The molecule has 0 saturated carbocycles. The maximum absolute atomic E-state index is 2.39. The molecule has 0 aliphatic carbocycles. The van der Waals surface area contributed by atoms with Crippen molar-refractivity contribution in [3.05, 3.63) is 71.8 Å². The molecule has 0 aliphatic rings. The molecule has 2 rings (SSSR count). The standard InChI is InChI=1S/C18H22/c1-3-14-18(2,17-12-8-5-9-13-17)15-16-10-6-4-7-11-16/h4-13H,3,14-15H2,1-2H3. The highest BCUT2D eigenvalue weighted by atomic mass is 14.3. The molecule has 0 nitrogen and oxygen atoms in total. The minimum absolute atomic E-state index is 0.247. The molecule has 0 radical (unpaired) electrons. The number of benzene rings is 2. The smallest absolute Gasteiger partial charge is 0.00350 e. The lowest BCUT2D eigenvalue weighted by molar-refractivity contribution is 0.425. The summed E-state index contributed by atoms with van der Waals surface area (Å²) in [6, 6.07) is 21.7. The average molecular weight is 238 g/mol. The molecule has 0 aromatic heterocycles. The van der Waals surface area contributed by atoms with Gasteiger partial charge in [0.05, 0.1) is 0 Å². The van der Waals surface area contributed by atoms with Crippen molar-refractivity contribution >= 4 is 0 Å². The van der Waals surface area contributed by atoms with Crippen molar-refractivity contribution < 1.29 is 0 Å². The molecule has 0 fully saturated rings. The van der Waals surface area contributed by atoms with Crippen LogP contribution in [-0.2, 0) is 11.8 Å². The Labute approximate surface area is 111 Å². The highest BCUT2D eigenvalue weighted by Gasteiger charge is 2.25. The fraction of sp³-hybridized carbons (Fsp3) is 0.333. The third-order valence-electron chi connectivity index (χ3n) is 3.71. The molecule has 0 heteroatoms. The van der Waals surface area contributed by atoms with Crippen LogP contribution >= 0.6 is 0 Å². The van der Waals surface area contributed by atoms with E-state index in [1.807, 2.05) is 0 Å². The Morgan fingerprint density at radius 3 is 1.94 bits per heavy atom. The lowest BCUT2D eigenvalue weighted by atomic mass is 9.74. The van der Waals surface area contributed by atoms with Crippen molar-refractivity contribution in [3.8, 4) is 0 Å². The van der Waals surface area contributed by atoms with Gasteiger partial charge < -0.3 is 0 Å². The van der Waals surface area contributed by atoms with Crippen molar-refractivity contribution in [2.24, 2.45) is 0 Å². The van der Waals surface area contributed by atoms with Crippen LogP contribution in [-0.4, -0.2) is 0 Å². The molecule has 0 bridgehead atoms. The van der Waals surface area contributed by atoms with Crippen LogP contribution in [0.3, 0.4) is 0 Å². The zero-order valence-corrected chi connectivity index (χ0v) is 11.4. The minimum Gasteiger partial charge on any atom is -0.0654 e. The van der Waals surface area contributed by atoms with E-state index in [1.54, 1.807) is 0 Å². The summed E-state index contributed by atoms with van der Waals surface area (Å²) in [6.07, 6.45) is 3.57. The van der Waals surface area contributed by atoms with E-state index in [4.69, 9.17) is 0 Å². The Balaban J connectivity index is 2.27. The van der Waals surface area contributed by atoms with Crippen molar-refractivity contribution in [2.45, 2.75) is 38.5 Å². The number of hydrogen-bond acceptors (Lipinski definition) is 0. The third kappa shape index (κ3) is 3.01.